The van der Waals surface area contributed by atoms with Crippen molar-refractivity contribution in [3.8, 4) is 11.5 Å². The number of aromatic hydroxyl groups is 1. The first kappa shape index (κ1) is 10.1. The summed E-state index contributed by atoms with van der Waals surface area (Å²) in [5, 5.41) is 9.42. The van der Waals surface area contributed by atoms with E-state index in [1.165, 1.54) is 19.3 Å². The Hall–Kier alpha value is -1.38. The molecule has 0 radical (unpaired) electrons. The van der Waals surface area contributed by atoms with Crippen LogP contribution in [0.25, 0.3) is 0 Å². The van der Waals surface area contributed by atoms with Gasteiger partial charge in [0.15, 0.2) is 0 Å². The molecule has 0 aromatic heterocycles. The highest BCUT2D eigenvalue weighted by atomic mass is 16.5. The van der Waals surface area contributed by atoms with E-state index in [0.29, 0.717) is 11.4 Å². The van der Waals surface area contributed by atoms with Crippen LogP contribution in [0, 0.1) is 0 Å². The van der Waals surface area contributed by atoms with Crippen LogP contribution < -0.4 is 10.5 Å². The van der Waals surface area contributed by atoms with Gasteiger partial charge in [0, 0.05) is 0 Å². The number of ether oxygens (including phenoxy) is 1. The Morgan fingerprint density at radius 2 is 1.93 bits per heavy atom. The van der Waals surface area contributed by atoms with Gasteiger partial charge in [-0.15, -0.1) is 0 Å². The molecule has 0 aliphatic heterocycles. The molecule has 1 aliphatic carbocycles. The molecule has 2 rings (SSSR count). The molecule has 1 aliphatic rings. The van der Waals surface area contributed by atoms with Gasteiger partial charge in [0.2, 0.25) is 0 Å². The molecule has 1 fully saturated rings. The summed E-state index contributed by atoms with van der Waals surface area (Å²) in [6, 6.07) is 5.14. The van der Waals surface area contributed by atoms with Gasteiger partial charge >= 0.3 is 0 Å². The predicted octanol–water partition coefficient (Wildman–Crippen LogP) is 2.69. The number of nitrogens with two attached hydrogens (primary N) is 1. The SMILES string of the molecule is Nc1c(O)cccc1OC1CCCCC1. The fraction of sp³-hybridized carbons (Fsp3) is 0.500. The molecule has 0 atom stereocenters. The Bertz CT molecular complexity index is 332. The van der Waals surface area contributed by atoms with Gasteiger partial charge < -0.3 is 15.6 Å². The number of benzene rings is 1. The maximum Gasteiger partial charge on any atom is 0.146 e. The molecular formula is C12H17NO2. The van der Waals surface area contributed by atoms with Crippen molar-refractivity contribution in [2.45, 2.75) is 38.2 Å². The summed E-state index contributed by atoms with van der Waals surface area (Å²) in [5.74, 6) is 0.713. The number of phenolic OH excluding ortho intramolecular Hbond substituents is 1. The summed E-state index contributed by atoms with van der Waals surface area (Å²) in [6.45, 7) is 0. The van der Waals surface area contributed by atoms with Crippen molar-refractivity contribution < 1.29 is 9.84 Å². The summed E-state index contributed by atoms with van der Waals surface area (Å²) in [7, 11) is 0. The summed E-state index contributed by atoms with van der Waals surface area (Å²) in [5.41, 5.74) is 6.07. The summed E-state index contributed by atoms with van der Waals surface area (Å²) in [4.78, 5) is 0. The second kappa shape index (κ2) is 4.43. The highest BCUT2D eigenvalue weighted by Crippen LogP contribution is 2.32. The predicted molar refractivity (Wildman–Crippen MR) is 60.0 cm³/mol. The number of rotatable bonds is 2. The molecule has 3 heteroatoms. The van der Waals surface area contributed by atoms with Crippen LogP contribution in [-0.2, 0) is 0 Å². The van der Waals surface area contributed by atoms with E-state index in [2.05, 4.69) is 0 Å². The van der Waals surface area contributed by atoms with Gasteiger partial charge in [0.1, 0.15) is 17.2 Å². The van der Waals surface area contributed by atoms with Gasteiger partial charge in [-0.25, -0.2) is 0 Å². The largest absolute Gasteiger partial charge is 0.506 e. The molecule has 0 heterocycles. The third kappa shape index (κ3) is 2.35. The van der Waals surface area contributed by atoms with E-state index in [1.54, 1.807) is 12.1 Å². The van der Waals surface area contributed by atoms with Crippen LogP contribution in [0.2, 0.25) is 0 Å². The maximum absolute atomic E-state index is 9.42. The number of anilines is 1. The molecule has 0 spiro atoms. The second-order valence-corrected chi connectivity index (χ2v) is 4.07. The van der Waals surface area contributed by atoms with Crippen LogP contribution in [0.3, 0.4) is 0 Å². The van der Waals surface area contributed by atoms with Crippen LogP contribution in [0.5, 0.6) is 11.5 Å². The lowest BCUT2D eigenvalue weighted by atomic mass is 9.98. The van der Waals surface area contributed by atoms with Crippen molar-refractivity contribution in [2.75, 3.05) is 5.73 Å². The van der Waals surface area contributed by atoms with Crippen molar-refractivity contribution >= 4 is 5.69 Å². The normalized spacial score (nSPS) is 17.6. The zero-order chi connectivity index (χ0) is 10.7. The van der Waals surface area contributed by atoms with E-state index in [1.807, 2.05) is 6.07 Å². The minimum Gasteiger partial charge on any atom is -0.506 e. The number of para-hydroxylation sites is 1. The molecule has 0 saturated heterocycles. The van der Waals surface area contributed by atoms with Crippen LogP contribution in [0.1, 0.15) is 32.1 Å². The average molecular weight is 207 g/mol. The Kier molecular flexibility index (Phi) is 2.99. The van der Waals surface area contributed by atoms with Gasteiger partial charge in [0.25, 0.3) is 0 Å². The first-order valence-electron chi connectivity index (χ1n) is 5.51. The Balaban J connectivity index is 2.06. The molecule has 3 N–H and O–H groups in total. The van der Waals surface area contributed by atoms with Gasteiger partial charge in [-0.05, 0) is 37.8 Å². The zero-order valence-electron chi connectivity index (χ0n) is 8.78. The summed E-state index contributed by atoms with van der Waals surface area (Å²) in [6.07, 6.45) is 6.20. The quantitative estimate of drug-likeness (QED) is 0.579. The van der Waals surface area contributed by atoms with E-state index < -0.39 is 0 Å². The topological polar surface area (TPSA) is 55.5 Å². The fourth-order valence-electron chi connectivity index (χ4n) is 2.00. The van der Waals surface area contributed by atoms with E-state index in [-0.39, 0.29) is 11.9 Å². The molecule has 1 aromatic carbocycles. The van der Waals surface area contributed by atoms with Crippen molar-refractivity contribution in [1.29, 1.82) is 0 Å². The molecule has 15 heavy (non-hydrogen) atoms. The zero-order valence-corrected chi connectivity index (χ0v) is 8.78. The molecule has 3 nitrogen and oxygen atoms in total. The van der Waals surface area contributed by atoms with Crippen molar-refractivity contribution in [2.24, 2.45) is 0 Å². The molecular weight excluding hydrogens is 190 g/mol. The first-order chi connectivity index (χ1) is 7.27. The Morgan fingerprint density at radius 1 is 1.20 bits per heavy atom. The summed E-state index contributed by atoms with van der Waals surface area (Å²) >= 11 is 0. The number of phenols is 1. The molecule has 1 saturated carbocycles. The monoisotopic (exact) mass is 207 g/mol. The maximum atomic E-state index is 9.42. The van der Waals surface area contributed by atoms with Crippen molar-refractivity contribution in [3.05, 3.63) is 18.2 Å². The lowest BCUT2D eigenvalue weighted by molar-refractivity contribution is 0.155. The lowest BCUT2D eigenvalue weighted by Crippen LogP contribution is -2.20. The van der Waals surface area contributed by atoms with Gasteiger partial charge in [0.05, 0.1) is 6.10 Å². The standard InChI is InChI=1S/C12H17NO2/c13-12-10(14)7-4-8-11(12)15-9-5-2-1-3-6-9/h4,7-9,14H,1-3,5-6,13H2. The first-order valence-corrected chi connectivity index (χ1v) is 5.51. The lowest BCUT2D eigenvalue weighted by Gasteiger charge is -2.23. The third-order valence-corrected chi connectivity index (χ3v) is 2.89. The van der Waals surface area contributed by atoms with Crippen LogP contribution in [0.15, 0.2) is 18.2 Å². The van der Waals surface area contributed by atoms with E-state index in [9.17, 15) is 5.11 Å². The van der Waals surface area contributed by atoms with E-state index in [4.69, 9.17) is 10.5 Å². The number of hydrogen-bond donors (Lipinski definition) is 2. The minimum absolute atomic E-state index is 0.100. The smallest absolute Gasteiger partial charge is 0.146 e. The van der Waals surface area contributed by atoms with Gasteiger partial charge in [-0.2, -0.15) is 0 Å². The Labute approximate surface area is 89.9 Å². The average Bonchev–Trinajstić information content (AvgIpc) is 2.26. The second-order valence-electron chi connectivity index (χ2n) is 4.07. The van der Waals surface area contributed by atoms with Gasteiger partial charge in [-0.3, -0.25) is 0 Å². The van der Waals surface area contributed by atoms with Gasteiger partial charge in [-0.1, -0.05) is 12.5 Å². The highest BCUT2D eigenvalue weighted by Gasteiger charge is 2.16. The van der Waals surface area contributed by atoms with Crippen LogP contribution >= 0.6 is 0 Å². The van der Waals surface area contributed by atoms with E-state index in [0.717, 1.165) is 12.8 Å². The molecule has 0 amide bonds. The van der Waals surface area contributed by atoms with E-state index >= 15 is 0 Å². The molecule has 0 unspecified atom stereocenters. The Morgan fingerprint density at radius 3 is 2.67 bits per heavy atom. The minimum atomic E-state index is 0.100. The van der Waals surface area contributed by atoms with Crippen molar-refractivity contribution in [3.63, 3.8) is 0 Å². The highest BCUT2D eigenvalue weighted by molar-refractivity contribution is 5.61. The van der Waals surface area contributed by atoms with Crippen LogP contribution in [-0.4, -0.2) is 11.2 Å². The molecule has 82 valence electrons. The van der Waals surface area contributed by atoms with Crippen molar-refractivity contribution in [1.82, 2.24) is 0 Å². The fourth-order valence-corrected chi connectivity index (χ4v) is 2.00. The third-order valence-electron chi connectivity index (χ3n) is 2.89. The summed E-state index contributed by atoms with van der Waals surface area (Å²) < 4.78 is 5.78. The van der Waals surface area contributed by atoms with Crippen LogP contribution in [0.4, 0.5) is 5.69 Å². The number of nitrogen functional groups attached to an aromatic ring is 1. The molecule has 1 aromatic rings. The molecule has 0 bridgehead atoms. The number of hydrogen-bond acceptors (Lipinski definition) is 3.